The summed E-state index contributed by atoms with van der Waals surface area (Å²) in [5.74, 6) is 2.76. The van der Waals surface area contributed by atoms with Crippen LogP contribution in [0, 0.1) is 26.2 Å². The quantitative estimate of drug-likeness (QED) is 0.637. The van der Waals surface area contributed by atoms with E-state index in [0.29, 0.717) is 12.3 Å². The molecule has 1 amide bonds. The van der Waals surface area contributed by atoms with Crippen LogP contribution in [0.25, 0.3) is 0 Å². The number of amides is 1. The zero-order valence-electron chi connectivity index (χ0n) is 9.54. The van der Waals surface area contributed by atoms with Crippen LogP contribution in [0.3, 0.4) is 0 Å². The highest BCUT2D eigenvalue weighted by atomic mass is 32.2. The molecule has 1 aromatic carbocycles. The summed E-state index contributed by atoms with van der Waals surface area (Å²) in [5, 5.41) is 2.64. The summed E-state index contributed by atoms with van der Waals surface area (Å²) in [6.07, 6.45) is 5.06. The normalized spacial score (nSPS) is 9.56. The van der Waals surface area contributed by atoms with Crippen LogP contribution in [0.15, 0.2) is 23.1 Å². The number of aryl methyl sites for hydroxylation is 2. The van der Waals surface area contributed by atoms with Gasteiger partial charge < -0.3 is 5.32 Å². The third-order valence-electron chi connectivity index (χ3n) is 2.09. The molecule has 0 heterocycles. The Balaban J connectivity index is 2.51. The molecular formula is C13H15NOS. The van der Waals surface area contributed by atoms with E-state index in [1.807, 2.05) is 13.8 Å². The van der Waals surface area contributed by atoms with Gasteiger partial charge in [0.15, 0.2) is 0 Å². The first-order valence-electron chi connectivity index (χ1n) is 5.03. The van der Waals surface area contributed by atoms with E-state index >= 15 is 0 Å². The Morgan fingerprint density at radius 3 is 2.94 bits per heavy atom. The van der Waals surface area contributed by atoms with Gasteiger partial charge in [-0.15, -0.1) is 18.2 Å². The molecule has 3 heteroatoms. The van der Waals surface area contributed by atoms with Crippen LogP contribution in [-0.4, -0.2) is 18.2 Å². The highest BCUT2D eigenvalue weighted by molar-refractivity contribution is 8.00. The molecule has 0 atom stereocenters. The Kier molecular flexibility index (Phi) is 4.94. The zero-order valence-corrected chi connectivity index (χ0v) is 10.4. The molecule has 0 unspecified atom stereocenters. The Bertz CT molecular complexity index is 420. The van der Waals surface area contributed by atoms with Crippen LogP contribution in [0.4, 0.5) is 0 Å². The van der Waals surface area contributed by atoms with Gasteiger partial charge in [0.25, 0.3) is 0 Å². The van der Waals surface area contributed by atoms with Crippen molar-refractivity contribution in [2.75, 3.05) is 12.3 Å². The highest BCUT2D eigenvalue weighted by Gasteiger charge is 2.04. The van der Waals surface area contributed by atoms with E-state index in [0.717, 1.165) is 4.90 Å². The van der Waals surface area contributed by atoms with Gasteiger partial charge in [-0.3, -0.25) is 4.79 Å². The smallest absolute Gasteiger partial charge is 0.231 e. The van der Waals surface area contributed by atoms with Crippen molar-refractivity contribution < 1.29 is 4.79 Å². The maximum atomic E-state index is 11.3. The lowest BCUT2D eigenvalue weighted by molar-refractivity contribution is -0.118. The number of thioether (sulfide) groups is 1. The molecule has 0 fully saturated rings. The number of benzene rings is 1. The summed E-state index contributed by atoms with van der Waals surface area (Å²) in [7, 11) is 0. The Labute approximate surface area is 101 Å². The second kappa shape index (κ2) is 6.24. The minimum Gasteiger partial charge on any atom is -0.344 e. The second-order valence-electron chi connectivity index (χ2n) is 3.54. The fourth-order valence-electron chi connectivity index (χ4n) is 1.21. The molecule has 0 saturated heterocycles. The molecule has 0 aliphatic heterocycles. The van der Waals surface area contributed by atoms with Crippen LogP contribution in [0.2, 0.25) is 0 Å². The van der Waals surface area contributed by atoms with Gasteiger partial charge in [-0.25, -0.2) is 0 Å². The zero-order chi connectivity index (χ0) is 12.0. The van der Waals surface area contributed by atoms with Gasteiger partial charge in [0.1, 0.15) is 0 Å². The lowest BCUT2D eigenvalue weighted by Gasteiger charge is -2.06. The number of hydrogen-bond acceptors (Lipinski definition) is 2. The van der Waals surface area contributed by atoms with Gasteiger partial charge in [0.05, 0.1) is 12.3 Å². The van der Waals surface area contributed by atoms with Crippen molar-refractivity contribution >= 4 is 17.7 Å². The molecule has 1 rings (SSSR count). The molecule has 0 radical (unpaired) electrons. The van der Waals surface area contributed by atoms with Crippen molar-refractivity contribution in [1.29, 1.82) is 0 Å². The van der Waals surface area contributed by atoms with Crippen molar-refractivity contribution in [2.45, 2.75) is 18.7 Å². The number of rotatable bonds is 4. The van der Waals surface area contributed by atoms with Crippen molar-refractivity contribution in [3.05, 3.63) is 29.3 Å². The van der Waals surface area contributed by atoms with Gasteiger partial charge in [0.2, 0.25) is 5.91 Å². The topological polar surface area (TPSA) is 29.1 Å². The number of hydrogen-bond donors (Lipinski definition) is 1. The number of carbonyl (C=O) groups excluding carboxylic acids is 1. The third kappa shape index (κ3) is 4.00. The van der Waals surface area contributed by atoms with Crippen LogP contribution in [-0.2, 0) is 4.79 Å². The van der Waals surface area contributed by atoms with Crippen molar-refractivity contribution in [3.8, 4) is 12.3 Å². The van der Waals surface area contributed by atoms with E-state index in [-0.39, 0.29) is 5.91 Å². The van der Waals surface area contributed by atoms with E-state index in [2.05, 4.69) is 29.4 Å². The first kappa shape index (κ1) is 12.7. The predicted octanol–water partition coefficient (Wildman–Crippen LogP) is 2.14. The Morgan fingerprint density at radius 1 is 1.50 bits per heavy atom. The third-order valence-corrected chi connectivity index (χ3v) is 3.25. The summed E-state index contributed by atoms with van der Waals surface area (Å²) in [6, 6.07) is 6.23. The fourth-order valence-corrected chi connectivity index (χ4v) is 2.16. The number of nitrogens with one attached hydrogen (secondary N) is 1. The minimum atomic E-state index is -0.0242. The number of terminal acetylenes is 1. The van der Waals surface area contributed by atoms with Crippen LogP contribution < -0.4 is 5.32 Å². The van der Waals surface area contributed by atoms with E-state index < -0.39 is 0 Å². The molecule has 84 valence electrons. The second-order valence-corrected chi connectivity index (χ2v) is 4.56. The average molecular weight is 233 g/mol. The molecule has 1 N–H and O–H groups in total. The molecule has 1 aromatic rings. The average Bonchev–Trinajstić information content (AvgIpc) is 2.27. The van der Waals surface area contributed by atoms with Gasteiger partial charge in [-0.1, -0.05) is 23.6 Å². The van der Waals surface area contributed by atoms with Crippen LogP contribution in [0.5, 0.6) is 0 Å². The van der Waals surface area contributed by atoms with Gasteiger partial charge in [-0.05, 0) is 25.5 Å². The molecule has 0 saturated carbocycles. The molecule has 16 heavy (non-hydrogen) atoms. The molecule has 0 aliphatic rings. The molecular weight excluding hydrogens is 218 g/mol. The lowest BCUT2D eigenvalue weighted by Crippen LogP contribution is -2.25. The summed E-state index contributed by atoms with van der Waals surface area (Å²) in [6.45, 7) is 4.38. The van der Waals surface area contributed by atoms with Gasteiger partial charge >= 0.3 is 0 Å². The largest absolute Gasteiger partial charge is 0.344 e. The summed E-state index contributed by atoms with van der Waals surface area (Å²) in [5.41, 5.74) is 2.40. The van der Waals surface area contributed by atoms with E-state index in [1.165, 1.54) is 22.9 Å². The minimum absolute atomic E-state index is 0.0242. The van der Waals surface area contributed by atoms with Crippen LogP contribution in [0.1, 0.15) is 11.1 Å². The first-order valence-corrected chi connectivity index (χ1v) is 6.02. The van der Waals surface area contributed by atoms with Crippen molar-refractivity contribution in [2.24, 2.45) is 0 Å². The standard InChI is InChI=1S/C13H15NOS/c1-4-7-14-13(15)9-16-12-8-10(2)5-6-11(12)3/h1,5-6,8H,7,9H2,2-3H3,(H,14,15). The Hall–Kier alpha value is -1.40. The van der Waals surface area contributed by atoms with Gasteiger partial charge in [0, 0.05) is 4.90 Å². The van der Waals surface area contributed by atoms with Crippen molar-refractivity contribution in [1.82, 2.24) is 5.32 Å². The summed E-state index contributed by atoms with van der Waals surface area (Å²) < 4.78 is 0. The first-order chi connectivity index (χ1) is 7.63. The lowest BCUT2D eigenvalue weighted by atomic mass is 10.2. The Morgan fingerprint density at radius 2 is 2.25 bits per heavy atom. The fraction of sp³-hybridized carbons (Fsp3) is 0.308. The molecule has 2 nitrogen and oxygen atoms in total. The monoisotopic (exact) mass is 233 g/mol. The predicted molar refractivity (Wildman–Crippen MR) is 68.5 cm³/mol. The maximum absolute atomic E-state index is 11.3. The summed E-state index contributed by atoms with van der Waals surface area (Å²) >= 11 is 1.54. The molecule has 0 aromatic heterocycles. The van der Waals surface area contributed by atoms with E-state index in [1.54, 1.807) is 0 Å². The molecule has 0 aliphatic carbocycles. The van der Waals surface area contributed by atoms with E-state index in [9.17, 15) is 4.79 Å². The van der Waals surface area contributed by atoms with Crippen LogP contribution >= 0.6 is 11.8 Å². The van der Waals surface area contributed by atoms with Gasteiger partial charge in [-0.2, -0.15) is 0 Å². The maximum Gasteiger partial charge on any atom is 0.231 e. The SMILES string of the molecule is C#CCNC(=O)CSc1cc(C)ccc1C. The summed E-state index contributed by atoms with van der Waals surface area (Å²) in [4.78, 5) is 12.5. The van der Waals surface area contributed by atoms with Crippen molar-refractivity contribution in [3.63, 3.8) is 0 Å². The van der Waals surface area contributed by atoms with E-state index in [4.69, 9.17) is 6.42 Å². The molecule has 0 spiro atoms. The number of carbonyl (C=O) groups is 1. The molecule has 0 bridgehead atoms. The highest BCUT2D eigenvalue weighted by Crippen LogP contribution is 2.23.